The summed E-state index contributed by atoms with van der Waals surface area (Å²) in [6.07, 6.45) is 0.343. The number of rotatable bonds is 35. The van der Waals surface area contributed by atoms with Crippen molar-refractivity contribution in [3.05, 3.63) is 0 Å². The first-order chi connectivity index (χ1) is 26.7. The van der Waals surface area contributed by atoms with Crippen LogP contribution in [0, 0.1) is 0 Å². The van der Waals surface area contributed by atoms with E-state index in [0.717, 1.165) is 0 Å². The zero-order valence-electron chi connectivity index (χ0n) is 34.2. The van der Waals surface area contributed by atoms with Gasteiger partial charge in [-0.3, -0.25) is 19.2 Å². The highest BCUT2D eigenvalue weighted by molar-refractivity contribution is 5.92. The molecule has 1 aliphatic rings. The molecule has 0 bridgehead atoms. The monoisotopic (exact) mass is 803 g/mol. The van der Waals surface area contributed by atoms with Crippen LogP contribution >= 0.6 is 0 Å². The zero-order chi connectivity index (χ0) is 41.5. The van der Waals surface area contributed by atoms with Crippen LogP contribution in [0.15, 0.2) is 0 Å². The first kappa shape index (κ1) is 56.9. The van der Waals surface area contributed by atoms with E-state index in [0.29, 0.717) is 132 Å². The van der Waals surface area contributed by atoms with Crippen LogP contribution in [0.1, 0.15) is 46.5 Å². The van der Waals surface area contributed by atoms with Crippen molar-refractivity contribution in [2.24, 2.45) is 5.73 Å². The van der Waals surface area contributed by atoms with Crippen LogP contribution in [0.5, 0.6) is 0 Å². The number of carbonyl (C=O) groups is 4. The molecule has 1 saturated heterocycles. The Labute approximate surface area is 328 Å². The van der Waals surface area contributed by atoms with Gasteiger partial charge in [0.05, 0.1) is 138 Å². The first-order valence-electron chi connectivity index (χ1n) is 19.0. The summed E-state index contributed by atoms with van der Waals surface area (Å²) in [5.74, 6) is -2.07. The average molecular weight is 804 g/mol. The molecular weight excluding hydrogens is 730 g/mol. The fourth-order valence-electron chi connectivity index (χ4n) is 3.57. The van der Waals surface area contributed by atoms with Gasteiger partial charge < -0.3 is 73.2 Å². The second-order valence-corrected chi connectivity index (χ2v) is 10.9. The number of carbonyl (C=O) groups excluding carboxylic acids is 3. The minimum Gasteiger partial charge on any atom is -0.481 e. The van der Waals surface area contributed by atoms with Crippen molar-refractivity contribution in [3.8, 4) is 0 Å². The summed E-state index contributed by atoms with van der Waals surface area (Å²) >= 11 is 0. The average Bonchev–Trinajstić information content (AvgIpc) is 3.57. The molecule has 0 atom stereocenters. The van der Waals surface area contributed by atoms with E-state index >= 15 is 0 Å². The molecule has 4 N–H and O–H groups in total. The van der Waals surface area contributed by atoms with E-state index in [-0.39, 0.29) is 31.6 Å². The summed E-state index contributed by atoms with van der Waals surface area (Å²) in [4.78, 5) is 43.9. The summed E-state index contributed by atoms with van der Waals surface area (Å²) < 4.78 is 55.8. The van der Waals surface area contributed by atoms with Crippen molar-refractivity contribution in [1.29, 1.82) is 0 Å². The minimum atomic E-state index is -0.985. The van der Waals surface area contributed by atoms with Crippen molar-refractivity contribution in [2.75, 3.05) is 166 Å². The van der Waals surface area contributed by atoms with Crippen LogP contribution < -0.4 is 11.1 Å². The number of carboxylic acids is 1. The highest BCUT2D eigenvalue weighted by atomic mass is 16.6. The van der Waals surface area contributed by atoms with Gasteiger partial charge in [0.25, 0.3) is 0 Å². The summed E-state index contributed by atoms with van der Waals surface area (Å²) in [6.45, 7) is 20.7. The predicted molar refractivity (Wildman–Crippen MR) is 203 cm³/mol. The molecule has 1 amide bonds. The van der Waals surface area contributed by atoms with Crippen LogP contribution in [0.25, 0.3) is 0 Å². The fraction of sp³-hybridized carbons (Fsp3) is 0.889. The van der Waals surface area contributed by atoms with E-state index in [9.17, 15) is 19.2 Å². The van der Waals surface area contributed by atoms with Gasteiger partial charge in [0, 0.05) is 33.7 Å². The summed E-state index contributed by atoms with van der Waals surface area (Å²) in [6, 6.07) is 0. The third kappa shape index (κ3) is 53.7. The molecule has 1 heterocycles. The Hall–Kier alpha value is -2.40. The first-order valence-corrected chi connectivity index (χ1v) is 19.0. The number of cyclic esters (lactones) is 2. The summed E-state index contributed by atoms with van der Waals surface area (Å²) in [5.41, 5.74) is 5.26. The second-order valence-electron chi connectivity index (χ2n) is 10.9. The maximum Gasteiger partial charge on any atom is 0.314 e. The largest absolute Gasteiger partial charge is 0.481 e. The van der Waals surface area contributed by atoms with E-state index in [2.05, 4.69) is 35.7 Å². The number of hydrogen-bond donors (Lipinski definition) is 3. The minimum absolute atomic E-state index is 0.0180. The molecule has 19 heteroatoms. The third-order valence-electron chi connectivity index (χ3n) is 6.59. The van der Waals surface area contributed by atoms with Crippen LogP contribution in [-0.4, -0.2) is 200 Å². The molecule has 55 heavy (non-hydrogen) atoms. The maximum absolute atomic E-state index is 11.2. The quantitative estimate of drug-likeness (QED) is 0.0451. The highest BCUT2D eigenvalue weighted by Gasteiger charge is 2.19. The van der Waals surface area contributed by atoms with E-state index in [1.165, 1.54) is 19.6 Å². The Kier molecular flexibility index (Phi) is 51.4. The van der Waals surface area contributed by atoms with Crippen LogP contribution in [-0.2, 0) is 71.3 Å². The second kappa shape index (κ2) is 49.6. The van der Waals surface area contributed by atoms with E-state index in [1.54, 1.807) is 14.2 Å². The smallest absolute Gasteiger partial charge is 0.314 e. The zero-order valence-corrected chi connectivity index (χ0v) is 34.2. The van der Waals surface area contributed by atoms with Gasteiger partial charge >= 0.3 is 17.9 Å². The van der Waals surface area contributed by atoms with Gasteiger partial charge in [0.2, 0.25) is 5.91 Å². The third-order valence-corrected chi connectivity index (χ3v) is 6.59. The lowest BCUT2D eigenvalue weighted by Gasteiger charge is -2.13. The molecule has 0 radical (unpaired) electrons. The van der Waals surface area contributed by atoms with Crippen LogP contribution in [0.3, 0.4) is 0 Å². The fourth-order valence-corrected chi connectivity index (χ4v) is 3.57. The normalized spacial score (nSPS) is 11.9. The van der Waals surface area contributed by atoms with Crippen molar-refractivity contribution < 1.29 is 76.4 Å². The van der Waals surface area contributed by atoms with Crippen LogP contribution in [0.2, 0.25) is 0 Å². The number of aliphatic carboxylic acids is 1. The van der Waals surface area contributed by atoms with Crippen molar-refractivity contribution in [3.63, 3.8) is 0 Å². The number of nitrogens with zero attached hydrogens (tertiary/aromatic N) is 1. The number of esters is 2. The Bertz CT molecular complexity index is 807. The molecule has 0 aromatic carbocycles. The number of carboxylic acid groups (broad SMARTS) is 1. The molecule has 328 valence electrons. The number of hydrogen-bond acceptors (Lipinski definition) is 17. The molecule has 1 fully saturated rings. The van der Waals surface area contributed by atoms with Gasteiger partial charge in [-0.25, -0.2) is 0 Å². The van der Waals surface area contributed by atoms with E-state index < -0.39 is 17.9 Å². The van der Waals surface area contributed by atoms with Gasteiger partial charge in [-0.1, -0.05) is 20.8 Å². The molecule has 0 spiro atoms. The van der Waals surface area contributed by atoms with Gasteiger partial charge in [-0.05, 0) is 19.6 Å². The van der Waals surface area contributed by atoms with Gasteiger partial charge in [0.15, 0.2) is 0 Å². The molecule has 1 rings (SSSR count). The lowest BCUT2D eigenvalue weighted by molar-refractivity contribution is -0.152. The molecule has 19 nitrogen and oxygen atoms in total. The summed E-state index contributed by atoms with van der Waals surface area (Å²) in [5, 5.41) is 11.0. The number of nitrogens with one attached hydrogen (secondary N) is 1. The number of methoxy groups -OCH3 is 2. The Morgan fingerprint density at radius 2 is 0.909 bits per heavy atom. The molecule has 0 saturated carbocycles. The maximum atomic E-state index is 11.2. The summed E-state index contributed by atoms with van der Waals surface area (Å²) in [7, 11) is 3.27. The lowest BCUT2D eigenvalue weighted by Crippen LogP contribution is -2.27. The highest BCUT2D eigenvalue weighted by Crippen LogP contribution is 2.04. The van der Waals surface area contributed by atoms with Gasteiger partial charge in [-0.15, -0.1) is 0 Å². The van der Waals surface area contributed by atoms with Gasteiger partial charge in [-0.2, -0.15) is 0 Å². The van der Waals surface area contributed by atoms with Crippen molar-refractivity contribution in [1.82, 2.24) is 10.2 Å². The number of nitrogens with two attached hydrogens (primary N) is 1. The molecule has 0 aromatic heterocycles. The topological polar surface area (TPSA) is 231 Å². The Morgan fingerprint density at radius 3 is 1.16 bits per heavy atom. The SMILES string of the molecule is CCN(CC)CC.COCCOCCOCCOCCOCCN.COCCOCCOCCOCCOCCNC(=O)CCC(=O)O.O=C1CCC(=O)O1. The number of amides is 1. The molecular formula is C36H73N3O16. The molecule has 0 aromatic rings. The van der Waals surface area contributed by atoms with Crippen LogP contribution in [0.4, 0.5) is 0 Å². The standard InChI is InChI=1S/C15H29NO8.C11H25NO5.C6H15N.C4H4O3/c1-20-6-7-22-10-11-24-13-12-23-9-8-21-5-4-16-14(17)2-3-15(18)19;1-13-4-5-15-8-9-17-11-10-16-7-6-14-3-2-12;1-4-7(5-2)6-3;5-3-1-2-4(6)7-3/h2-13H2,1H3,(H,16,17)(H,18,19);2-12H2,1H3;4-6H2,1-3H3;1-2H2. The van der Waals surface area contributed by atoms with Crippen molar-refractivity contribution in [2.45, 2.75) is 46.5 Å². The van der Waals surface area contributed by atoms with E-state index in [4.69, 9.17) is 58.2 Å². The number of ether oxygens (including phenoxy) is 11. The molecule has 0 unspecified atom stereocenters. The lowest BCUT2D eigenvalue weighted by atomic mass is 10.3. The molecule has 0 aliphatic carbocycles. The Morgan fingerprint density at radius 1 is 0.582 bits per heavy atom. The Balaban J connectivity index is -0.000000746. The molecule has 1 aliphatic heterocycles. The van der Waals surface area contributed by atoms with E-state index in [1.807, 2.05) is 0 Å². The van der Waals surface area contributed by atoms with Crippen molar-refractivity contribution >= 4 is 23.8 Å². The van der Waals surface area contributed by atoms with Gasteiger partial charge in [0.1, 0.15) is 0 Å². The predicted octanol–water partition coefficient (Wildman–Crippen LogP) is 0.536.